The van der Waals surface area contributed by atoms with Crippen molar-refractivity contribution < 1.29 is 4.79 Å². The Bertz CT molecular complexity index is 595. The summed E-state index contributed by atoms with van der Waals surface area (Å²) >= 11 is 0. The maximum Gasteiger partial charge on any atom is 0.257 e. The molecule has 1 amide bonds. The molecule has 0 radical (unpaired) electrons. The molecule has 1 saturated heterocycles. The van der Waals surface area contributed by atoms with Crippen LogP contribution in [0, 0.1) is 0 Å². The summed E-state index contributed by atoms with van der Waals surface area (Å²) in [4.78, 5) is 23.3. The molecule has 3 rings (SSSR count). The molecule has 1 aromatic heterocycles. The van der Waals surface area contributed by atoms with Crippen molar-refractivity contribution in [2.75, 3.05) is 12.4 Å². The predicted octanol–water partition coefficient (Wildman–Crippen LogP) is 1.78. The van der Waals surface area contributed by atoms with Crippen LogP contribution >= 0.6 is 0 Å². The number of rotatable bonds is 2. The van der Waals surface area contributed by atoms with Gasteiger partial charge in [0.1, 0.15) is 0 Å². The molecule has 2 aliphatic rings. The second kappa shape index (κ2) is 4.91. The fraction of sp³-hybridized carbons (Fsp3) is 0.688. The van der Waals surface area contributed by atoms with Gasteiger partial charge >= 0.3 is 0 Å². The summed E-state index contributed by atoms with van der Waals surface area (Å²) in [5.74, 6) is 0.635. The molecule has 0 bridgehead atoms. The van der Waals surface area contributed by atoms with Crippen molar-refractivity contribution >= 4 is 11.9 Å². The number of amides is 1. The number of fused-ring (bicyclic) bond motifs is 1. The summed E-state index contributed by atoms with van der Waals surface area (Å²) in [6.07, 6.45) is 3.54. The smallest absolute Gasteiger partial charge is 0.257 e. The van der Waals surface area contributed by atoms with Crippen LogP contribution in [-0.2, 0) is 6.54 Å². The van der Waals surface area contributed by atoms with Crippen molar-refractivity contribution in [1.82, 2.24) is 20.2 Å². The number of carbonyl (C=O) groups is 1. The monoisotopic (exact) mass is 303 g/mol. The van der Waals surface area contributed by atoms with Crippen molar-refractivity contribution in [3.63, 3.8) is 0 Å². The van der Waals surface area contributed by atoms with Gasteiger partial charge in [0, 0.05) is 30.4 Å². The van der Waals surface area contributed by atoms with Crippen LogP contribution in [0.15, 0.2) is 6.20 Å². The van der Waals surface area contributed by atoms with E-state index in [4.69, 9.17) is 0 Å². The topological polar surface area (TPSA) is 70.2 Å². The Morgan fingerprint density at radius 2 is 1.91 bits per heavy atom. The minimum Gasteiger partial charge on any atom is -0.357 e. The van der Waals surface area contributed by atoms with Crippen molar-refractivity contribution in [3.05, 3.63) is 17.5 Å². The highest BCUT2D eigenvalue weighted by Gasteiger charge is 2.43. The first kappa shape index (κ1) is 15.2. The third kappa shape index (κ3) is 2.67. The molecule has 3 heterocycles. The zero-order valence-corrected chi connectivity index (χ0v) is 14.0. The Balaban J connectivity index is 1.86. The Hall–Kier alpha value is -1.69. The van der Waals surface area contributed by atoms with Gasteiger partial charge in [-0.25, -0.2) is 9.97 Å². The molecule has 0 saturated carbocycles. The average Bonchev–Trinajstić information content (AvgIpc) is 2.72. The van der Waals surface area contributed by atoms with Gasteiger partial charge in [0.25, 0.3) is 5.91 Å². The number of anilines is 1. The van der Waals surface area contributed by atoms with Crippen molar-refractivity contribution in [1.29, 1.82) is 0 Å². The molecular formula is C16H25N5O. The van der Waals surface area contributed by atoms with Gasteiger partial charge in [-0.05, 0) is 40.5 Å². The molecule has 1 fully saturated rings. The van der Waals surface area contributed by atoms with Crippen LogP contribution < -0.4 is 10.6 Å². The van der Waals surface area contributed by atoms with E-state index in [1.54, 1.807) is 13.2 Å². The lowest BCUT2D eigenvalue weighted by Gasteiger charge is -2.48. The van der Waals surface area contributed by atoms with Crippen LogP contribution in [0.3, 0.4) is 0 Å². The zero-order chi connectivity index (χ0) is 16.1. The number of piperidine rings is 1. The minimum atomic E-state index is 0.0171. The molecule has 22 heavy (non-hydrogen) atoms. The molecule has 6 heteroatoms. The summed E-state index contributed by atoms with van der Waals surface area (Å²) in [7, 11) is 1.79. The van der Waals surface area contributed by atoms with Crippen LogP contribution in [0.25, 0.3) is 0 Å². The van der Waals surface area contributed by atoms with E-state index in [0.717, 1.165) is 18.5 Å². The minimum absolute atomic E-state index is 0.0171. The van der Waals surface area contributed by atoms with E-state index in [2.05, 4.69) is 48.3 Å². The quantitative estimate of drug-likeness (QED) is 0.871. The summed E-state index contributed by atoms with van der Waals surface area (Å²) in [5, 5.41) is 6.59. The lowest BCUT2D eigenvalue weighted by molar-refractivity contribution is 0.0465. The lowest BCUT2D eigenvalue weighted by Crippen LogP contribution is -2.62. The Morgan fingerprint density at radius 3 is 2.50 bits per heavy atom. The van der Waals surface area contributed by atoms with Crippen LogP contribution in [0.2, 0.25) is 0 Å². The van der Waals surface area contributed by atoms with Crippen molar-refractivity contribution in [2.45, 2.75) is 64.2 Å². The highest BCUT2D eigenvalue weighted by molar-refractivity contribution is 5.97. The fourth-order valence-corrected chi connectivity index (χ4v) is 4.01. The Morgan fingerprint density at radius 1 is 1.27 bits per heavy atom. The van der Waals surface area contributed by atoms with E-state index in [0.29, 0.717) is 18.1 Å². The second-order valence-electron chi connectivity index (χ2n) is 7.69. The normalized spacial score (nSPS) is 23.5. The molecule has 2 N–H and O–H groups in total. The average molecular weight is 303 g/mol. The predicted molar refractivity (Wildman–Crippen MR) is 85.8 cm³/mol. The van der Waals surface area contributed by atoms with Gasteiger partial charge in [-0.2, -0.15) is 0 Å². The van der Waals surface area contributed by atoms with Gasteiger partial charge in [0.15, 0.2) is 0 Å². The SMILES string of the molecule is CNc1ncc2c(n1)CN(C1CC(C)(C)NC(C)(C)C1)C2=O. The van der Waals surface area contributed by atoms with Crippen LogP contribution in [-0.4, -0.2) is 44.9 Å². The molecule has 0 aliphatic carbocycles. The van der Waals surface area contributed by atoms with E-state index < -0.39 is 0 Å². The van der Waals surface area contributed by atoms with Gasteiger partial charge in [-0.15, -0.1) is 0 Å². The first-order valence-electron chi connectivity index (χ1n) is 7.85. The van der Waals surface area contributed by atoms with E-state index >= 15 is 0 Å². The second-order valence-corrected chi connectivity index (χ2v) is 7.69. The number of nitrogens with one attached hydrogen (secondary N) is 2. The highest BCUT2D eigenvalue weighted by Crippen LogP contribution is 2.35. The number of aromatic nitrogens is 2. The van der Waals surface area contributed by atoms with Crippen molar-refractivity contribution in [3.8, 4) is 0 Å². The Labute approximate surface area is 131 Å². The number of hydrogen-bond acceptors (Lipinski definition) is 5. The van der Waals surface area contributed by atoms with E-state index in [9.17, 15) is 4.79 Å². The molecule has 6 nitrogen and oxygen atoms in total. The maximum atomic E-state index is 12.7. The van der Waals surface area contributed by atoms with E-state index in [-0.39, 0.29) is 23.0 Å². The summed E-state index contributed by atoms with van der Waals surface area (Å²) in [5.41, 5.74) is 1.51. The van der Waals surface area contributed by atoms with Crippen molar-refractivity contribution in [2.24, 2.45) is 0 Å². The third-order valence-corrected chi connectivity index (χ3v) is 4.51. The third-order valence-electron chi connectivity index (χ3n) is 4.51. The summed E-state index contributed by atoms with van der Waals surface area (Å²) in [6, 6.07) is 0.228. The number of nitrogens with zero attached hydrogens (tertiary/aromatic N) is 3. The number of hydrogen-bond donors (Lipinski definition) is 2. The molecule has 0 spiro atoms. The first-order valence-corrected chi connectivity index (χ1v) is 7.85. The van der Waals surface area contributed by atoms with Crippen LogP contribution in [0.5, 0.6) is 0 Å². The van der Waals surface area contributed by atoms with Gasteiger partial charge < -0.3 is 15.5 Å². The highest BCUT2D eigenvalue weighted by atomic mass is 16.2. The fourth-order valence-electron chi connectivity index (χ4n) is 4.01. The van der Waals surface area contributed by atoms with E-state index in [1.165, 1.54) is 0 Å². The molecule has 0 atom stereocenters. The molecule has 0 unspecified atom stereocenters. The largest absolute Gasteiger partial charge is 0.357 e. The molecule has 2 aliphatic heterocycles. The molecule has 1 aromatic rings. The summed E-state index contributed by atoms with van der Waals surface area (Å²) < 4.78 is 0. The lowest BCUT2D eigenvalue weighted by atomic mass is 9.79. The first-order chi connectivity index (χ1) is 10.2. The standard InChI is InChI=1S/C16H25N5O/c1-15(2)6-10(7-16(3,4)20-15)21-9-12-11(13(21)22)8-18-14(17-5)19-12/h8,10,20H,6-7,9H2,1-5H3,(H,17,18,19). The maximum absolute atomic E-state index is 12.7. The Kier molecular flexibility index (Phi) is 3.40. The summed E-state index contributed by atoms with van der Waals surface area (Å²) in [6.45, 7) is 9.39. The molecule has 120 valence electrons. The van der Waals surface area contributed by atoms with Gasteiger partial charge in [-0.1, -0.05) is 0 Å². The van der Waals surface area contributed by atoms with Gasteiger partial charge in [0.05, 0.1) is 17.8 Å². The van der Waals surface area contributed by atoms with E-state index in [1.807, 2.05) is 4.90 Å². The van der Waals surface area contributed by atoms with Crippen LogP contribution in [0.4, 0.5) is 5.95 Å². The zero-order valence-electron chi connectivity index (χ0n) is 14.0. The van der Waals surface area contributed by atoms with Gasteiger partial charge in [-0.3, -0.25) is 4.79 Å². The number of carbonyl (C=O) groups excluding carboxylic acids is 1. The van der Waals surface area contributed by atoms with Gasteiger partial charge in [0.2, 0.25) is 5.95 Å². The van der Waals surface area contributed by atoms with Crippen LogP contribution in [0.1, 0.15) is 56.6 Å². The molecular weight excluding hydrogens is 278 g/mol. The molecule has 0 aromatic carbocycles.